The number of aliphatic carboxylic acids is 2. The molecule has 2 fully saturated rings. The number of rotatable bonds is 22. The molecule has 0 bridgehead atoms. The maximum atomic E-state index is 11.9. The van der Waals surface area contributed by atoms with Gasteiger partial charge in [0.25, 0.3) is 0 Å². The number of carboxylic acid groups (broad SMARTS) is 2. The van der Waals surface area contributed by atoms with Gasteiger partial charge in [-0.15, -0.1) is 0 Å². The van der Waals surface area contributed by atoms with Crippen LogP contribution in [0.2, 0.25) is 0 Å². The first-order chi connectivity index (χ1) is 28.7. The summed E-state index contributed by atoms with van der Waals surface area (Å²) in [6.07, 6.45) is 0.697. The van der Waals surface area contributed by atoms with Crippen LogP contribution >= 0.6 is 0 Å². The number of piperazine rings is 2. The molecule has 2 unspecified atom stereocenters. The standard InChI is InChI=1S/2C20H32N2O4.C4H4O4/c2*1-4-19(24)16-6-7-20(17(12-16)14-25-5-2)26-15-18(23)13-22-10-8-21(3)9-11-22;5-3(6)1-2-4(7)8/h2*6-7,12,18,23H,4-5,8-11,13-15H2,1-3H3;1-2H,(H,5,6)(H,7,8)/b;;2-1+. The van der Waals surface area contributed by atoms with E-state index in [1.54, 1.807) is 12.1 Å². The van der Waals surface area contributed by atoms with Crippen LogP contribution in [-0.2, 0) is 32.3 Å². The molecule has 2 atom stereocenters. The fraction of sp³-hybridized carbons (Fsp3) is 0.591. The summed E-state index contributed by atoms with van der Waals surface area (Å²) in [5.41, 5.74) is 3.06. The Balaban J connectivity index is 0.000000350. The third-order valence-corrected chi connectivity index (χ3v) is 9.99. The number of hydrogen-bond donors (Lipinski definition) is 4. The third-order valence-electron chi connectivity index (χ3n) is 9.99. The van der Waals surface area contributed by atoms with Gasteiger partial charge in [-0.05, 0) is 76.5 Å². The van der Waals surface area contributed by atoms with E-state index in [-0.39, 0.29) is 24.8 Å². The lowest BCUT2D eigenvalue weighted by Crippen LogP contribution is -3.15. The number of aliphatic hydroxyl groups excluding tert-OH is 2. The van der Waals surface area contributed by atoms with Crippen molar-refractivity contribution in [1.29, 1.82) is 0 Å². The SMILES string of the molecule is CCOCc1cc(C(=O)CC)ccc1OCC(O)C[NH+]1CCN(C)CC1.CCOCc1cc(C(=O)CC)ccc1OCC(O)C[NH+]1CCN(C)CC1.O=C([O-])/C=C/C(=O)[O-]. The molecule has 2 aliphatic rings. The summed E-state index contributed by atoms with van der Waals surface area (Å²) in [5, 5.41) is 39.5. The van der Waals surface area contributed by atoms with E-state index in [0.717, 1.165) is 63.5 Å². The van der Waals surface area contributed by atoms with Gasteiger partial charge in [0.15, 0.2) is 11.6 Å². The van der Waals surface area contributed by atoms with Crippen LogP contribution in [0.4, 0.5) is 0 Å². The molecular weight excluding hydrogens is 776 g/mol. The number of carbonyl (C=O) groups is 4. The molecular formula is C44H68N4O12. The molecule has 16 nitrogen and oxygen atoms in total. The highest BCUT2D eigenvalue weighted by molar-refractivity contribution is 5.96. The van der Waals surface area contributed by atoms with E-state index in [0.29, 0.717) is 87.1 Å². The number of hydrogen-bond acceptors (Lipinski definition) is 14. The Kier molecular flexibility index (Phi) is 25.1. The van der Waals surface area contributed by atoms with Crippen LogP contribution in [0.3, 0.4) is 0 Å². The predicted octanol–water partition coefficient (Wildman–Crippen LogP) is -2.19. The fourth-order valence-corrected chi connectivity index (χ4v) is 6.42. The molecule has 0 aliphatic carbocycles. The molecule has 2 aromatic rings. The second-order valence-corrected chi connectivity index (χ2v) is 14.9. The monoisotopic (exact) mass is 844 g/mol. The highest BCUT2D eigenvalue weighted by Crippen LogP contribution is 2.24. The molecule has 0 aromatic heterocycles. The highest BCUT2D eigenvalue weighted by atomic mass is 16.5. The van der Waals surface area contributed by atoms with Crippen molar-refractivity contribution in [2.24, 2.45) is 0 Å². The van der Waals surface area contributed by atoms with Gasteiger partial charge in [-0.3, -0.25) is 19.4 Å². The van der Waals surface area contributed by atoms with Crippen LogP contribution in [0.1, 0.15) is 72.4 Å². The van der Waals surface area contributed by atoms with Crippen molar-refractivity contribution in [2.75, 3.05) is 106 Å². The van der Waals surface area contributed by atoms with Gasteiger partial charge in [0.05, 0.1) is 51.3 Å². The zero-order valence-corrected chi connectivity index (χ0v) is 36.4. The van der Waals surface area contributed by atoms with Gasteiger partial charge in [-0.2, -0.15) is 0 Å². The molecule has 2 aromatic carbocycles. The quantitative estimate of drug-likeness (QED) is 0.0735. The lowest BCUT2D eigenvalue weighted by molar-refractivity contribution is -0.907. The second kappa shape index (κ2) is 29.1. The first-order valence-electron chi connectivity index (χ1n) is 20.9. The number of quaternary nitrogens is 2. The van der Waals surface area contributed by atoms with E-state index in [4.69, 9.17) is 18.9 Å². The number of aliphatic hydroxyl groups is 2. The number of likely N-dealkylation sites (N-methyl/N-ethyl adjacent to an activating group) is 2. The molecule has 2 heterocycles. The van der Waals surface area contributed by atoms with Crippen LogP contribution in [0.5, 0.6) is 11.5 Å². The molecule has 2 saturated heterocycles. The number of ketones is 2. The summed E-state index contributed by atoms with van der Waals surface area (Å²) in [6.45, 7) is 19.9. The number of ether oxygens (including phenoxy) is 4. The van der Waals surface area contributed by atoms with Crippen LogP contribution in [0, 0.1) is 0 Å². The molecule has 2 aliphatic heterocycles. The summed E-state index contributed by atoms with van der Waals surface area (Å²) in [4.78, 5) is 50.1. The lowest BCUT2D eigenvalue weighted by Gasteiger charge is -2.30. The minimum absolute atomic E-state index is 0.105. The number of nitrogens with one attached hydrogen (secondary N) is 2. The Morgan fingerprint density at radius 1 is 0.650 bits per heavy atom. The van der Waals surface area contributed by atoms with Gasteiger partial charge in [-0.1, -0.05) is 13.8 Å². The Morgan fingerprint density at radius 3 is 1.30 bits per heavy atom. The predicted molar refractivity (Wildman–Crippen MR) is 221 cm³/mol. The zero-order valence-electron chi connectivity index (χ0n) is 36.4. The first-order valence-corrected chi connectivity index (χ1v) is 20.9. The Hall–Kier alpha value is -4.26. The van der Waals surface area contributed by atoms with Gasteiger partial charge < -0.3 is 58.8 Å². The molecule has 60 heavy (non-hydrogen) atoms. The molecule has 4 rings (SSSR count). The van der Waals surface area contributed by atoms with Crippen molar-refractivity contribution in [3.05, 3.63) is 70.8 Å². The first kappa shape index (κ1) is 51.9. The number of carbonyl (C=O) groups excluding carboxylic acids is 4. The number of nitrogens with zero attached hydrogens (tertiary/aromatic N) is 2. The number of carboxylic acids is 2. The molecule has 16 heteroatoms. The van der Waals surface area contributed by atoms with Crippen molar-refractivity contribution in [3.63, 3.8) is 0 Å². The Labute approximate surface area is 355 Å². The fourth-order valence-electron chi connectivity index (χ4n) is 6.42. The maximum absolute atomic E-state index is 11.9. The molecule has 336 valence electrons. The van der Waals surface area contributed by atoms with Crippen LogP contribution in [0.25, 0.3) is 0 Å². The van der Waals surface area contributed by atoms with E-state index in [1.807, 2.05) is 52.0 Å². The minimum atomic E-state index is -1.55. The smallest absolute Gasteiger partial charge is 0.162 e. The highest BCUT2D eigenvalue weighted by Gasteiger charge is 2.23. The van der Waals surface area contributed by atoms with Crippen molar-refractivity contribution in [2.45, 2.75) is 66.0 Å². The Morgan fingerprint density at radius 2 is 1.00 bits per heavy atom. The van der Waals surface area contributed by atoms with Gasteiger partial charge in [0.1, 0.15) is 50.0 Å². The van der Waals surface area contributed by atoms with E-state index >= 15 is 0 Å². The lowest BCUT2D eigenvalue weighted by atomic mass is 10.1. The normalized spacial score (nSPS) is 16.2. The van der Waals surface area contributed by atoms with Crippen LogP contribution < -0.4 is 29.5 Å². The van der Waals surface area contributed by atoms with E-state index in [1.165, 1.54) is 9.80 Å². The van der Waals surface area contributed by atoms with Gasteiger partial charge in [0, 0.05) is 74.5 Å². The third kappa shape index (κ3) is 20.8. The van der Waals surface area contributed by atoms with Gasteiger partial charge >= 0.3 is 0 Å². The summed E-state index contributed by atoms with van der Waals surface area (Å²) in [5.74, 6) is -1.53. The summed E-state index contributed by atoms with van der Waals surface area (Å²) in [6, 6.07) is 10.9. The van der Waals surface area contributed by atoms with Crippen LogP contribution in [-0.4, -0.2) is 162 Å². The summed E-state index contributed by atoms with van der Waals surface area (Å²) in [7, 11) is 4.26. The topological polar surface area (TPSA) is 207 Å². The summed E-state index contributed by atoms with van der Waals surface area (Å²) < 4.78 is 22.7. The zero-order chi connectivity index (χ0) is 44.5. The molecule has 0 spiro atoms. The molecule has 0 amide bonds. The largest absolute Gasteiger partial charge is 0.545 e. The van der Waals surface area contributed by atoms with E-state index < -0.39 is 24.1 Å². The van der Waals surface area contributed by atoms with Crippen molar-refractivity contribution >= 4 is 23.5 Å². The van der Waals surface area contributed by atoms with Crippen molar-refractivity contribution < 1.29 is 68.4 Å². The summed E-state index contributed by atoms with van der Waals surface area (Å²) >= 11 is 0. The van der Waals surface area contributed by atoms with Crippen molar-refractivity contribution in [1.82, 2.24) is 9.80 Å². The van der Waals surface area contributed by atoms with Crippen LogP contribution in [0.15, 0.2) is 48.6 Å². The number of benzene rings is 2. The number of Topliss-reactive ketones (excluding diaryl/α,β-unsaturated/α-hetero) is 2. The van der Waals surface area contributed by atoms with Gasteiger partial charge in [-0.25, -0.2) is 0 Å². The Bertz CT molecular complexity index is 1510. The van der Waals surface area contributed by atoms with Gasteiger partial charge in [0.2, 0.25) is 0 Å². The molecule has 0 radical (unpaired) electrons. The average Bonchev–Trinajstić information content (AvgIpc) is 3.24. The minimum Gasteiger partial charge on any atom is -0.545 e. The van der Waals surface area contributed by atoms with Crippen molar-refractivity contribution in [3.8, 4) is 11.5 Å². The molecule has 0 saturated carbocycles. The maximum Gasteiger partial charge on any atom is 0.162 e. The van der Waals surface area contributed by atoms with E-state index in [2.05, 4.69) is 23.9 Å². The average molecular weight is 845 g/mol. The van der Waals surface area contributed by atoms with E-state index in [9.17, 15) is 39.6 Å². The molecule has 4 N–H and O–H groups in total. The second-order valence-electron chi connectivity index (χ2n) is 14.9.